The van der Waals surface area contributed by atoms with Gasteiger partial charge in [-0.2, -0.15) is 0 Å². The summed E-state index contributed by atoms with van der Waals surface area (Å²) in [5.74, 6) is -3.01. The van der Waals surface area contributed by atoms with Gasteiger partial charge >= 0.3 is 0 Å². The molecule has 146 valence electrons. The molecule has 0 atom stereocenters. The molecule has 2 amide bonds. The number of ketones is 1. The molecular weight excluding hydrogens is 380 g/mol. The number of Topliss-reactive ketones (excluding diaryl/α,β-unsaturated/α-hetero) is 1. The van der Waals surface area contributed by atoms with E-state index >= 15 is 0 Å². The fourth-order valence-corrected chi connectivity index (χ4v) is 2.47. The highest BCUT2D eigenvalue weighted by molar-refractivity contribution is 6.08. The third-order valence-corrected chi connectivity index (χ3v) is 3.99. The third-order valence-electron chi connectivity index (χ3n) is 3.99. The Kier molecular flexibility index (Phi) is 5.73. The Balaban J connectivity index is 1.73. The lowest BCUT2D eigenvalue weighted by atomic mass is 10.1. The van der Waals surface area contributed by atoms with Gasteiger partial charge in [-0.05, 0) is 49.4 Å². The number of anilines is 2. The lowest BCUT2D eigenvalue weighted by Crippen LogP contribution is -2.16. The quantitative estimate of drug-likeness (QED) is 0.638. The SMILES string of the molecule is CC(=O)c1ccc(NC(=O)c2cncc(C(=O)Nc3ccc(F)cc3F)c2)cc1. The third kappa shape index (κ3) is 4.86. The average Bonchev–Trinajstić information content (AvgIpc) is 2.70. The lowest BCUT2D eigenvalue weighted by molar-refractivity contribution is 0.101. The van der Waals surface area contributed by atoms with Crippen LogP contribution in [0, 0.1) is 11.6 Å². The summed E-state index contributed by atoms with van der Waals surface area (Å²) >= 11 is 0. The van der Waals surface area contributed by atoms with Gasteiger partial charge in [0.2, 0.25) is 0 Å². The van der Waals surface area contributed by atoms with Crippen LogP contribution in [0.2, 0.25) is 0 Å². The Morgan fingerprint density at radius 2 is 1.41 bits per heavy atom. The summed E-state index contributed by atoms with van der Waals surface area (Å²) in [6, 6.07) is 10.4. The molecule has 6 nitrogen and oxygen atoms in total. The van der Waals surface area contributed by atoms with E-state index < -0.39 is 23.4 Å². The number of hydrogen-bond acceptors (Lipinski definition) is 4. The van der Waals surface area contributed by atoms with Gasteiger partial charge in [0.15, 0.2) is 5.78 Å². The molecule has 0 aliphatic carbocycles. The molecule has 8 heteroatoms. The molecule has 1 aromatic heterocycles. The van der Waals surface area contributed by atoms with Crippen LogP contribution in [0.4, 0.5) is 20.2 Å². The van der Waals surface area contributed by atoms with Crippen LogP contribution in [0.3, 0.4) is 0 Å². The van der Waals surface area contributed by atoms with Gasteiger partial charge in [-0.3, -0.25) is 19.4 Å². The van der Waals surface area contributed by atoms with Crippen LogP contribution in [-0.4, -0.2) is 22.6 Å². The fraction of sp³-hybridized carbons (Fsp3) is 0.0476. The standard InChI is InChI=1S/C21H15F2N3O3/c1-12(27)13-2-5-17(6-3-13)25-20(28)14-8-15(11-24-10-14)21(29)26-19-7-4-16(22)9-18(19)23/h2-11H,1H3,(H,25,28)(H,26,29). The van der Waals surface area contributed by atoms with Crippen molar-refractivity contribution >= 4 is 29.0 Å². The number of halogens is 2. The second-order valence-corrected chi connectivity index (χ2v) is 6.13. The molecule has 0 saturated heterocycles. The number of amides is 2. The zero-order valence-corrected chi connectivity index (χ0v) is 15.2. The molecule has 1 heterocycles. The van der Waals surface area contributed by atoms with Gasteiger partial charge in [-0.1, -0.05) is 0 Å². The Bertz CT molecular complexity index is 1100. The molecule has 0 spiro atoms. The maximum atomic E-state index is 13.7. The first kappa shape index (κ1) is 19.8. The first-order valence-corrected chi connectivity index (χ1v) is 8.47. The van der Waals surface area contributed by atoms with E-state index in [4.69, 9.17) is 0 Å². The van der Waals surface area contributed by atoms with Crippen molar-refractivity contribution in [2.45, 2.75) is 6.92 Å². The topological polar surface area (TPSA) is 88.2 Å². The molecule has 29 heavy (non-hydrogen) atoms. The van der Waals surface area contributed by atoms with Gasteiger partial charge in [0.25, 0.3) is 11.8 Å². The van der Waals surface area contributed by atoms with Crippen LogP contribution >= 0.6 is 0 Å². The van der Waals surface area contributed by atoms with E-state index in [2.05, 4.69) is 15.6 Å². The van der Waals surface area contributed by atoms with Crippen LogP contribution in [0.25, 0.3) is 0 Å². The first-order chi connectivity index (χ1) is 13.8. The van der Waals surface area contributed by atoms with Crippen LogP contribution in [0.1, 0.15) is 38.0 Å². The molecule has 0 saturated carbocycles. The van der Waals surface area contributed by atoms with Crippen LogP contribution in [-0.2, 0) is 0 Å². The summed E-state index contributed by atoms with van der Waals surface area (Å²) in [5, 5.41) is 4.93. The van der Waals surface area contributed by atoms with E-state index in [1.165, 1.54) is 25.4 Å². The Morgan fingerprint density at radius 1 is 0.793 bits per heavy atom. The summed E-state index contributed by atoms with van der Waals surface area (Å²) in [6.45, 7) is 1.44. The molecule has 2 aromatic carbocycles. The lowest BCUT2D eigenvalue weighted by Gasteiger charge is -2.08. The summed E-state index contributed by atoms with van der Waals surface area (Å²) in [5.41, 5.74) is 0.901. The van der Waals surface area contributed by atoms with Crippen molar-refractivity contribution < 1.29 is 23.2 Å². The van der Waals surface area contributed by atoms with E-state index in [9.17, 15) is 23.2 Å². The van der Waals surface area contributed by atoms with Crippen molar-refractivity contribution in [3.05, 3.63) is 89.2 Å². The summed E-state index contributed by atoms with van der Waals surface area (Å²) in [6.07, 6.45) is 2.49. The number of rotatable bonds is 5. The molecule has 0 fully saturated rings. The highest BCUT2D eigenvalue weighted by Crippen LogP contribution is 2.17. The molecule has 3 rings (SSSR count). The summed E-state index contributed by atoms with van der Waals surface area (Å²) in [4.78, 5) is 39.9. The minimum atomic E-state index is -0.922. The van der Waals surface area contributed by atoms with Crippen LogP contribution in [0.15, 0.2) is 60.9 Å². The van der Waals surface area contributed by atoms with E-state index in [1.807, 2.05) is 0 Å². The maximum absolute atomic E-state index is 13.7. The first-order valence-electron chi connectivity index (χ1n) is 8.47. The van der Waals surface area contributed by atoms with Gasteiger partial charge in [0.1, 0.15) is 11.6 Å². The van der Waals surface area contributed by atoms with Crippen molar-refractivity contribution in [3.8, 4) is 0 Å². The number of nitrogens with one attached hydrogen (secondary N) is 2. The summed E-state index contributed by atoms with van der Waals surface area (Å²) < 4.78 is 26.7. The highest BCUT2D eigenvalue weighted by atomic mass is 19.1. The van der Waals surface area contributed by atoms with Crippen LogP contribution in [0.5, 0.6) is 0 Å². The number of nitrogens with zero attached hydrogens (tertiary/aromatic N) is 1. The second kappa shape index (κ2) is 8.39. The smallest absolute Gasteiger partial charge is 0.257 e. The van der Waals surface area contributed by atoms with Gasteiger partial charge < -0.3 is 10.6 Å². The maximum Gasteiger partial charge on any atom is 0.257 e. The van der Waals surface area contributed by atoms with Gasteiger partial charge in [0, 0.05) is 29.7 Å². The number of aromatic nitrogens is 1. The molecule has 0 radical (unpaired) electrons. The largest absolute Gasteiger partial charge is 0.322 e. The van der Waals surface area contributed by atoms with Crippen molar-refractivity contribution in [2.24, 2.45) is 0 Å². The Morgan fingerprint density at radius 3 is 2.00 bits per heavy atom. The highest BCUT2D eigenvalue weighted by Gasteiger charge is 2.14. The van der Waals surface area contributed by atoms with Gasteiger partial charge in [0.05, 0.1) is 16.8 Å². The number of pyridine rings is 1. The summed E-state index contributed by atoms with van der Waals surface area (Å²) in [7, 11) is 0. The van der Waals surface area contributed by atoms with E-state index in [1.54, 1.807) is 24.3 Å². The molecule has 0 unspecified atom stereocenters. The molecule has 0 bridgehead atoms. The Hall–Kier alpha value is -3.94. The van der Waals surface area contributed by atoms with Crippen molar-refractivity contribution in [2.75, 3.05) is 10.6 Å². The number of benzene rings is 2. The normalized spacial score (nSPS) is 10.3. The van der Waals surface area contributed by atoms with Gasteiger partial charge in [-0.25, -0.2) is 8.78 Å². The van der Waals surface area contributed by atoms with Crippen molar-refractivity contribution in [3.63, 3.8) is 0 Å². The van der Waals surface area contributed by atoms with E-state index in [0.29, 0.717) is 17.3 Å². The van der Waals surface area contributed by atoms with E-state index in [-0.39, 0.29) is 22.6 Å². The van der Waals surface area contributed by atoms with Gasteiger partial charge in [-0.15, -0.1) is 0 Å². The number of carbonyl (C=O) groups is 3. The zero-order chi connectivity index (χ0) is 21.0. The fourth-order valence-electron chi connectivity index (χ4n) is 2.47. The molecule has 0 aliphatic heterocycles. The molecule has 0 aliphatic rings. The zero-order valence-electron chi connectivity index (χ0n) is 15.2. The van der Waals surface area contributed by atoms with Crippen LogP contribution < -0.4 is 10.6 Å². The minimum Gasteiger partial charge on any atom is -0.322 e. The number of hydrogen-bond donors (Lipinski definition) is 2. The predicted molar refractivity (Wildman–Crippen MR) is 103 cm³/mol. The van der Waals surface area contributed by atoms with E-state index in [0.717, 1.165) is 12.1 Å². The number of carbonyl (C=O) groups excluding carboxylic acids is 3. The minimum absolute atomic E-state index is 0.0216. The molecule has 2 N–H and O–H groups in total. The van der Waals surface area contributed by atoms with Crippen molar-refractivity contribution in [1.82, 2.24) is 4.98 Å². The average molecular weight is 395 g/mol. The molecule has 3 aromatic rings. The monoisotopic (exact) mass is 395 g/mol. The Labute approximate surface area is 164 Å². The molecular formula is C21H15F2N3O3. The van der Waals surface area contributed by atoms with Crippen molar-refractivity contribution in [1.29, 1.82) is 0 Å². The predicted octanol–water partition coefficient (Wildman–Crippen LogP) is 4.07. The second-order valence-electron chi connectivity index (χ2n) is 6.13.